The predicted molar refractivity (Wildman–Crippen MR) is 102 cm³/mol. The maximum absolute atomic E-state index is 12.0. The Balaban J connectivity index is 1.73. The normalized spacial score (nSPS) is 18.7. The van der Waals surface area contributed by atoms with Gasteiger partial charge in [0.1, 0.15) is 0 Å². The zero-order valence-electron chi connectivity index (χ0n) is 14.3. The Morgan fingerprint density at radius 1 is 1.23 bits per heavy atom. The molecule has 0 spiro atoms. The van der Waals surface area contributed by atoms with Crippen molar-refractivity contribution in [2.24, 2.45) is 0 Å². The first kappa shape index (κ1) is 21.0. The summed E-state index contributed by atoms with van der Waals surface area (Å²) in [6.45, 7) is 0.432. The number of nitrogens with zero attached hydrogens (tertiary/aromatic N) is 1. The zero-order chi connectivity index (χ0) is 19.3. The van der Waals surface area contributed by atoms with E-state index in [4.69, 9.17) is 23.2 Å². The lowest BCUT2D eigenvalue weighted by molar-refractivity contribution is -0.123. The summed E-state index contributed by atoms with van der Waals surface area (Å²) in [5.41, 5.74) is 0.365. The quantitative estimate of drug-likeness (QED) is 0.696. The molecule has 2 rings (SSSR count). The Labute approximate surface area is 162 Å². The van der Waals surface area contributed by atoms with Crippen LogP contribution in [0, 0.1) is 0 Å². The van der Waals surface area contributed by atoms with Gasteiger partial charge in [-0.05, 0) is 25.6 Å². The first-order valence-electron chi connectivity index (χ1n) is 8.08. The number of hydrogen-bond donors (Lipinski definition) is 2. The zero-order valence-corrected chi connectivity index (χ0v) is 16.6. The fourth-order valence-electron chi connectivity index (χ4n) is 2.62. The van der Waals surface area contributed by atoms with Gasteiger partial charge in [-0.2, -0.15) is 0 Å². The largest absolute Gasteiger partial charge is 0.351 e. The molecule has 1 heterocycles. The maximum atomic E-state index is 12.0. The third-order valence-electron chi connectivity index (χ3n) is 3.96. The number of carbonyl (C=O) groups excluding carboxylic acids is 2. The predicted octanol–water partition coefficient (Wildman–Crippen LogP) is 1.56. The summed E-state index contributed by atoms with van der Waals surface area (Å²) in [4.78, 5) is 25.7. The minimum Gasteiger partial charge on any atom is -0.351 e. The summed E-state index contributed by atoms with van der Waals surface area (Å²) in [5.74, 6) is -0.430. The van der Waals surface area contributed by atoms with Crippen molar-refractivity contribution in [3.8, 4) is 0 Å². The van der Waals surface area contributed by atoms with Crippen LogP contribution >= 0.6 is 23.2 Å². The molecule has 2 amide bonds. The van der Waals surface area contributed by atoms with Gasteiger partial charge in [0.2, 0.25) is 11.8 Å². The van der Waals surface area contributed by atoms with E-state index < -0.39 is 9.84 Å². The van der Waals surface area contributed by atoms with Gasteiger partial charge in [-0.15, -0.1) is 0 Å². The van der Waals surface area contributed by atoms with Crippen molar-refractivity contribution in [2.45, 2.75) is 18.9 Å². The SMILES string of the molecule is CN(CCC(=O)Nc1c(Cl)cccc1Cl)CC(=O)NC1CCS(=O)(=O)C1. The van der Waals surface area contributed by atoms with Crippen LogP contribution in [0.4, 0.5) is 5.69 Å². The molecular weight excluding hydrogens is 401 g/mol. The molecule has 1 fully saturated rings. The molecule has 1 atom stereocenters. The van der Waals surface area contributed by atoms with Crippen LogP contribution in [-0.4, -0.2) is 62.8 Å². The lowest BCUT2D eigenvalue weighted by Crippen LogP contribution is -2.42. The lowest BCUT2D eigenvalue weighted by Gasteiger charge is -2.18. The first-order chi connectivity index (χ1) is 12.2. The van der Waals surface area contributed by atoms with Crippen LogP contribution in [0.3, 0.4) is 0 Å². The number of benzene rings is 1. The second-order valence-electron chi connectivity index (χ2n) is 6.30. The Morgan fingerprint density at radius 3 is 2.46 bits per heavy atom. The van der Waals surface area contributed by atoms with Crippen LogP contribution in [0.5, 0.6) is 0 Å². The van der Waals surface area contributed by atoms with Gasteiger partial charge in [-0.25, -0.2) is 8.42 Å². The molecule has 0 bridgehead atoms. The van der Waals surface area contributed by atoms with E-state index >= 15 is 0 Å². The molecule has 0 radical (unpaired) electrons. The van der Waals surface area contributed by atoms with Crippen molar-refractivity contribution in [3.05, 3.63) is 28.2 Å². The van der Waals surface area contributed by atoms with Crippen LogP contribution in [0.2, 0.25) is 10.0 Å². The van der Waals surface area contributed by atoms with Crippen molar-refractivity contribution in [2.75, 3.05) is 37.0 Å². The average molecular weight is 422 g/mol. The third-order valence-corrected chi connectivity index (χ3v) is 6.36. The van der Waals surface area contributed by atoms with E-state index in [1.807, 2.05) is 0 Å². The van der Waals surface area contributed by atoms with E-state index in [1.54, 1.807) is 30.1 Å². The van der Waals surface area contributed by atoms with Crippen molar-refractivity contribution >= 4 is 50.5 Å². The molecule has 26 heavy (non-hydrogen) atoms. The Kier molecular flexibility index (Phi) is 7.28. The van der Waals surface area contributed by atoms with E-state index in [9.17, 15) is 18.0 Å². The number of anilines is 1. The fraction of sp³-hybridized carbons (Fsp3) is 0.500. The molecule has 1 unspecified atom stereocenters. The molecule has 7 nitrogen and oxygen atoms in total. The standard InChI is InChI=1S/C16H21Cl2N3O4S/c1-21(9-15(23)19-11-6-8-26(24,25)10-11)7-5-14(22)20-16-12(17)3-2-4-13(16)18/h2-4,11H,5-10H2,1H3,(H,19,23)(H,20,22). The van der Waals surface area contributed by atoms with E-state index in [-0.39, 0.29) is 42.3 Å². The minimum absolute atomic E-state index is 0.0105. The van der Waals surface area contributed by atoms with E-state index in [0.717, 1.165) is 0 Å². The monoisotopic (exact) mass is 421 g/mol. The van der Waals surface area contributed by atoms with Crippen LogP contribution in [0.25, 0.3) is 0 Å². The fourth-order valence-corrected chi connectivity index (χ4v) is 4.78. The van der Waals surface area contributed by atoms with Crippen molar-refractivity contribution < 1.29 is 18.0 Å². The van der Waals surface area contributed by atoms with E-state index in [0.29, 0.717) is 28.7 Å². The number of para-hydroxylation sites is 1. The number of carbonyl (C=O) groups is 2. The number of nitrogens with one attached hydrogen (secondary N) is 2. The Morgan fingerprint density at radius 2 is 1.88 bits per heavy atom. The Hall–Kier alpha value is -1.35. The highest BCUT2D eigenvalue weighted by Crippen LogP contribution is 2.29. The van der Waals surface area contributed by atoms with Crippen LogP contribution in [-0.2, 0) is 19.4 Å². The van der Waals surface area contributed by atoms with Crippen molar-refractivity contribution in [1.82, 2.24) is 10.2 Å². The molecule has 1 aliphatic heterocycles. The van der Waals surface area contributed by atoms with Gasteiger partial charge in [-0.1, -0.05) is 29.3 Å². The highest BCUT2D eigenvalue weighted by atomic mass is 35.5. The van der Waals surface area contributed by atoms with Gasteiger partial charge in [-0.3, -0.25) is 14.5 Å². The Bertz CT molecular complexity index is 765. The summed E-state index contributed by atoms with van der Waals surface area (Å²) in [6, 6.07) is 4.61. The summed E-state index contributed by atoms with van der Waals surface area (Å²) < 4.78 is 22.8. The molecule has 0 aromatic heterocycles. The summed E-state index contributed by atoms with van der Waals surface area (Å²) in [6.07, 6.45) is 0.599. The molecule has 1 aromatic rings. The summed E-state index contributed by atoms with van der Waals surface area (Å²) >= 11 is 12.0. The van der Waals surface area contributed by atoms with Gasteiger partial charge in [0, 0.05) is 19.0 Å². The molecule has 2 N–H and O–H groups in total. The smallest absolute Gasteiger partial charge is 0.234 e. The van der Waals surface area contributed by atoms with Crippen LogP contribution in [0.1, 0.15) is 12.8 Å². The molecule has 10 heteroatoms. The van der Waals surface area contributed by atoms with Gasteiger partial charge >= 0.3 is 0 Å². The van der Waals surface area contributed by atoms with Crippen LogP contribution < -0.4 is 10.6 Å². The van der Waals surface area contributed by atoms with E-state index in [2.05, 4.69) is 10.6 Å². The van der Waals surface area contributed by atoms with Crippen molar-refractivity contribution in [1.29, 1.82) is 0 Å². The topological polar surface area (TPSA) is 95.6 Å². The number of rotatable bonds is 7. The van der Waals surface area contributed by atoms with Crippen molar-refractivity contribution in [3.63, 3.8) is 0 Å². The number of sulfone groups is 1. The molecule has 0 saturated carbocycles. The summed E-state index contributed by atoms with van der Waals surface area (Å²) in [5, 5.41) is 6.07. The second-order valence-corrected chi connectivity index (χ2v) is 9.34. The van der Waals surface area contributed by atoms with Gasteiger partial charge in [0.25, 0.3) is 0 Å². The molecule has 0 aliphatic carbocycles. The molecule has 1 saturated heterocycles. The third kappa shape index (κ3) is 6.42. The summed E-state index contributed by atoms with van der Waals surface area (Å²) in [7, 11) is -1.32. The number of hydrogen-bond acceptors (Lipinski definition) is 5. The van der Waals surface area contributed by atoms with Gasteiger partial charge in [0.15, 0.2) is 9.84 Å². The molecule has 144 valence electrons. The first-order valence-corrected chi connectivity index (χ1v) is 10.7. The maximum Gasteiger partial charge on any atom is 0.234 e. The molecule has 1 aromatic carbocycles. The van der Waals surface area contributed by atoms with Gasteiger partial charge in [0.05, 0.1) is 33.8 Å². The van der Waals surface area contributed by atoms with Crippen LogP contribution in [0.15, 0.2) is 18.2 Å². The van der Waals surface area contributed by atoms with E-state index in [1.165, 1.54) is 0 Å². The average Bonchev–Trinajstić information content (AvgIpc) is 2.87. The lowest BCUT2D eigenvalue weighted by atomic mass is 10.2. The number of amides is 2. The highest BCUT2D eigenvalue weighted by molar-refractivity contribution is 7.91. The molecular formula is C16H21Cl2N3O4S. The number of likely N-dealkylation sites (N-methyl/N-ethyl adjacent to an activating group) is 1. The highest BCUT2D eigenvalue weighted by Gasteiger charge is 2.28. The minimum atomic E-state index is -3.03. The second kappa shape index (κ2) is 9.03. The number of halogens is 2. The molecule has 1 aliphatic rings. The van der Waals surface area contributed by atoms with Gasteiger partial charge < -0.3 is 10.6 Å².